The molecule has 0 heterocycles. The van der Waals surface area contributed by atoms with Crippen molar-refractivity contribution in [3.63, 3.8) is 0 Å². The van der Waals surface area contributed by atoms with Crippen LogP contribution in [-0.2, 0) is 10.0 Å². The second-order valence-corrected chi connectivity index (χ2v) is 8.08. The minimum atomic E-state index is -3.85. The van der Waals surface area contributed by atoms with E-state index in [9.17, 15) is 28.6 Å². The van der Waals surface area contributed by atoms with Crippen LogP contribution in [0.25, 0.3) is 0 Å². The lowest BCUT2D eigenvalue weighted by Gasteiger charge is -2.18. The summed E-state index contributed by atoms with van der Waals surface area (Å²) in [5, 5.41) is 26.3. The van der Waals surface area contributed by atoms with Crippen molar-refractivity contribution in [1.29, 1.82) is 0 Å². The van der Waals surface area contributed by atoms with Crippen molar-refractivity contribution in [2.75, 3.05) is 18.5 Å². The Bertz CT molecular complexity index is 1080. The molecule has 0 spiro atoms. The summed E-state index contributed by atoms with van der Waals surface area (Å²) in [6, 6.07) is 9.21. The van der Waals surface area contributed by atoms with E-state index >= 15 is 0 Å². The quantitative estimate of drug-likeness (QED) is 0.360. The van der Waals surface area contributed by atoms with Crippen LogP contribution >= 0.6 is 0 Å². The average molecular weight is 435 g/mol. The first-order valence-electron chi connectivity index (χ1n) is 8.95. The zero-order valence-corrected chi connectivity index (χ0v) is 17.4. The predicted molar refractivity (Wildman–Crippen MR) is 112 cm³/mol. The van der Waals surface area contributed by atoms with Gasteiger partial charge in [-0.05, 0) is 36.8 Å². The fourth-order valence-electron chi connectivity index (χ4n) is 2.66. The van der Waals surface area contributed by atoms with Gasteiger partial charge in [-0.15, -0.1) is 0 Å². The second kappa shape index (κ2) is 9.41. The average Bonchev–Trinajstić information content (AvgIpc) is 2.72. The van der Waals surface area contributed by atoms with Crippen LogP contribution in [0.3, 0.4) is 0 Å². The third-order valence-electron chi connectivity index (χ3n) is 4.35. The van der Waals surface area contributed by atoms with E-state index in [1.165, 1.54) is 40.7 Å². The summed E-state index contributed by atoms with van der Waals surface area (Å²) >= 11 is 0. The Morgan fingerprint density at radius 2 is 1.63 bits per heavy atom. The number of hydrazone groups is 1. The number of anilines is 1. The Hall–Kier alpha value is -3.38. The van der Waals surface area contributed by atoms with Crippen LogP contribution in [0.1, 0.15) is 26.3 Å². The molecule has 2 aromatic rings. The van der Waals surface area contributed by atoms with Crippen LogP contribution in [0, 0.1) is 20.2 Å². The molecule has 2 rings (SSSR count). The summed E-state index contributed by atoms with van der Waals surface area (Å²) in [5.41, 5.74) is 3.08. The van der Waals surface area contributed by atoms with E-state index in [0.29, 0.717) is 11.3 Å². The first-order valence-corrected chi connectivity index (χ1v) is 10.4. The number of hydrogen-bond acceptors (Lipinski definition) is 8. The van der Waals surface area contributed by atoms with Gasteiger partial charge < -0.3 is 0 Å². The minimum Gasteiger partial charge on any atom is -0.271 e. The first kappa shape index (κ1) is 22.9. The maximum Gasteiger partial charge on any atom is 0.295 e. The molecule has 0 saturated carbocycles. The Morgan fingerprint density at radius 1 is 1.03 bits per heavy atom. The zero-order chi connectivity index (χ0) is 22.5. The molecule has 11 nitrogen and oxygen atoms in total. The van der Waals surface area contributed by atoms with Gasteiger partial charge >= 0.3 is 0 Å². The molecule has 12 heteroatoms. The third kappa shape index (κ3) is 4.96. The topological polar surface area (TPSA) is 148 Å². The van der Waals surface area contributed by atoms with E-state index in [4.69, 9.17) is 0 Å². The van der Waals surface area contributed by atoms with E-state index in [0.717, 1.165) is 6.07 Å². The molecule has 1 N–H and O–H groups in total. The molecular formula is C18H21N5O6S. The molecule has 0 amide bonds. The fourth-order valence-corrected chi connectivity index (χ4v) is 4.14. The highest BCUT2D eigenvalue weighted by Crippen LogP contribution is 2.29. The Kier molecular flexibility index (Phi) is 7.19. The number of nitro groups is 2. The van der Waals surface area contributed by atoms with Gasteiger partial charge in [-0.1, -0.05) is 13.8 Å². The van der Waals surface area contributed by atoms with Gasteiger partial charge in [0.15, 0.2) is 0 Å². The van der Waals surface area contributed by atoms with E-state index in [1.807, 2.05) is 0 Å². The van der Waals surface area contributed by atoms with Gasteiger partial charge in [0.25, 0.3) is 11.4 Å². The summed E-state index contributed by atoms with van der Waals surface area (Å²) in [7, 11) is -3.85. The van der Waals surface area contributed by atoms with Crippen molar-refractivity contribution < 1.29 is 18.3 Å². The fraction of sp³-hybridized carbons (Fsp3) is 0.278. The zero-order valence-electron chi connectivity index (χ0n) is 16.6. The lowest BCUT2D eigenvalue weighted by atomic mass is 10.1. The van der Waals surface area contributed by atoms with E-state index in [-0.39, 0.29) is 29.4 Å². The third-order valence-corrected chi connectivity index (χ3v) is 6.39. The smallest absolute Gasteiger partial charge is 0.271 e. The van der Waals surface area contributed by atoms with Crippen molar-refractivity contribution in [1.82, 2.24) is 4.31 Å². The molecule has 0 aliphatic carbocycles. The van der Waals surface area contributed by atoms with Gasteiger partial charge in [0.2, 0.25) is 10.0 Å². The first-order chi connectivity index (χ1) is 14.1. The van der Waals surface area contributed by atoms with Crippen molar-refractivity contribution in [2.45, 2.75) is 25.7 Å². The number of rotatable bonds is 9. The molecule has 0 bridgehead atoms. The maximum atomic E-state index is 12.6. The van der Waals surface area contributed by atoms with E-state index in [1.54, 1.807) is 20.8 Å². The van der Waals surface area contributed by atoms with Gasteiger partial charge in [0.05, 0.1) is 20.5 Å². The van der Waals surface area contributed by atoms with Crippen LogP contribution in [0.2, 0.25) is 0 Å². The number of nitrogens with zero attached hydrogens (tertiary/aromatic N) is 4. The summed E-state index contributed by atoms with van der Waals surface area (Å²) in [4.78, 5) is 20.8. The molecule has 30 heavy (non-hydrogen) atoms. The number of sulfonamides is 1. The molecule has 0 aromatic heterocycles. The second-order valence-electron chi connectivity index (χ2n) is 6.14. The van der Waals surface area contributed by atoms with Crippen LogP contribution in [-0.4, -0.2) is 41.4 Å². The molecule has 0 atom stereocenters. The Balaban J connectivity index is 2.34. The Morgan fingerprint density at radius 3 is 2.13 bits per heavy atom. The summed E-state index contributed by atoms with van der Waals surface area (Å²) in [6.07, 6.45) is 0. The van der Waals surface area contributed by atoms with Crippen LogP contribution in [0.5, 0.6) is 0 Å². The number of nitrogens with one attached hydrogen (secondary N) is 1. The van der Waals surface area contributed by atoms with Crippen molar-refractivity contribution >= 4 is 32.8 Å². The summed E-state index contributed by atoms with van der Waals surface area (Å²) < 4.78 is 26.4. The monoisotopic (exact) mass is 435 g/mol. The number of nitro benzene ring substituents is 2. The van der Waals surface area contributed by atoms with E-state index < -0.39 is 25.6 Å². The van der Waals surface area contributed by atoms with Crippen molar-refractivity contribution in [2.24, 2.45) is 5.10 Å². The SMILES string of the molecule is CCN(CC)S(=O)(=O)c1ccc(N/N=C(/C)c2ccc([N+](=O)[O-])cc2)c([N+](=O)[O-])c1. The molecular weight excluding hydrogens is 414 g/mol. The highest BCUT2D eigenvalue weighted by atomic mass is 32.2. The highest BCUT2D eigenvalue weighted by molar-refractivity contribution is 7.89. The minimum absolute atomic E-state index is 0.0137. The summed E-state index contributed by atoms with van der Waals surface area (Å²) in [5.74, 6) is 0. The number of hydrogen-bond donors (Lipinski definition) is 1. The molecule has 0 aliphatic heterocycles. The highest BCUT2D eigenvalue weighted by Gasteiger charge is 2.25. The molecule has 0 aliphatic rings. The molecule has 160 valence electrons. The van der Waals surface area contributed by atoms with Gasteiger partial charge in [-0.25, -0.2) is 8.42 Å². The molecule has 2 aromatic carbocycles. The molecule has 0 radical (unpaired) electrons. The Labute approximate surface area is 173 Å². The van der Waals surface area contributed by atoms with Crippen molar-refractivity contribution in [3.05, 3.63) is 68.3 Å². The molecule has 0 fully saturated rings. The number of benzene rings is 2. The van der Waals surface area contributed by atoms with Gasteiger partial charge in [-0.2, -0.15) is 9.41 Å². The van der Waals surface area contributed by atoms with Crippen molar-refractivity contribution in [3.8, 4) is 0 Å². The van der Waals surface area contributed by atoms with Crippen LogP contribution in [0.15, 0.2) is 52.5 Å². The van der Waals surface area contributed by atoms with Gasteiger partial charge in [-0.3, -0.25) is 25.7 Å². The van der Waals surface area contributed by atoms with E-state index in [2.05, 4.69) is 10.5 Å². The maximum absolute atomic E-state index is 12.6. The lowest BCUT2D eigenvalue weighted by Crippen LogP contribution is -2.30. The van der Waals surface area contributed by atoms with Crippen LogP contribution < -0.4 is 5.43 Å². The standard InChI is InChI=1S/C18H21N5O6S/c1-4-21(5-2)30(28,29)16-10-11-17(18(12-16)23(26)27)20-19-13(3)14-6-8-15(9-7-14)22(24)25/h6-12,20H,4-5H2,1-3H3/b19-13-. The number of non-ortho nitro benzene ring substituents is 1. The van der Waals surface area contributed by atoms with Crippen LogP contribution in [0.4, 0.5) is 17.1 Å². The normalized spacial score (nSPS) is 12.1. The summed E-state index contributed by atoms with van der Waals surface area (Å²) in [6.45, 7) is 5.47. The van der Waals surface area contributed by atoms with Gasteiger partial charge in [0.1, 0.15) is 5.69 Å². The lowest BCUT2D eigenvalue weighted by molar-refractivity contribution is -0.384. The largest absolute Gasteiger partial charge is 0.295 e. The molecule has 0 unspecified atom stereocenters. The van der Waals surface area contributed by atoms with Gasteiger partial charge in [0, 0.05) is 31.3 Å². The predicted octanol–water partition coefficient (Wildman–Crippen LogP) is 3.37. The molecule has 0 saturated heterocycles.